The molecular weight excluding hydrogens is 224 g/mol. The lowest BCUT2D eigenvalue weighted by Crippen LogP contribution is -2.39. The Labute approximate surface area is 110 Å². The summed E-state index contributed by atoms with van der Waals surface area (Å²) in [5.74, 6) is 1.14. The van der Waals surface area contributed by atoms with E-state index in [9.17, 15) is 0 Å². The van der Waals surface area contributed by atoms with Gasteiger partial charge < -0.3 is 10.2 Å². The van der Waals surface area contributed by atoms with Crippen LogP contribution in [0, 0.1) is 0 Å². The molecule has 1 N–H and O–H groups in total. The third kappa shape index (κ3) is 3.25. The van der Waals surface area contributed by atoms with Gasteiger partial charge in [0.05, 0.1) is 0 Å². The fourth-order valence-electron chi connectivity index (χ4n) is 2.46. The maximum absolute atomic E-state index is 4.68. The summed E-state index contributed by atoms with van der Waals surface area (Å²) in [5, 5.41) is 8.29. The van der Waals surface area contributed by atoms with Gasteiger partial charge in [0.1, 0.15) is 0 Å². The second kappa shape index (κ2) is 6.23. The largest absolute Gasteiger partial charge is 0.355 e. The molecule has 1 aromatic rings. The third-order valence-corrected chi connectivity index (χ3v) is 3.73. The summed E-state index contributed by atoms with van der Waals surface area (Å²) in [6.07, 6.45) is 5.72. The minimum absolute atomic E-state index is 0.443. The Bertz CT molecular complexity index is 358. The van der Waals surface area contributed by atoms with Gasteiger partial charge in [0.25, 0.3) is 0 Å². The van der Waals surface area contributed by atoms with Crippen molar-refractivity contribution < 1.29 is 0 Å². The monoisotopic (exact) mass is 250 g/mol. The summed E-state index contributed by atoms with van der Waals surface area (Å²) in [4.78, 5) is 2.43. The molecule has 0 aliphatic carbocycles. The van der Waals surface area contributed by atoms with Gasteiger partial charge in [-0.25, -0.2) is 0 Å². The molecule has 1 aromatic heterocycles. The van der Waals surface area contributed by atoms with Crippen molar-refractivity contribution in [1.29, 1.82) is 0 Å². The van der Waals surface area contributed by atoms with E-state index in [1.54, 1.807) is 0 Å². The first-order valence-electron chi connectivity index (χ1n) is 7.24. The molecule has 2 rings (SSSR count). The minimum Gasteiger partial charge on any atom is -0.355 e. The van der Waals surface area contributed by atoms with Gasteiger partial charge in [-0.2, -0.15) is 5.10 Å². The quantitative estimate of drug-likeness (QED) is 0.894. The normalized spacial score (nSPS) is 22.0. The summed E-state index contributed by atoms with van der Waals surface area (Å²) in [5.41, 5.74) is 0. The topological polar surface area (TPSA) is 33.1 Å². The summed E-state index contributed by atoms with van der Waals surface area (Å²) in [6, 6.07) is 3.26. The fourth-order valence-corrected chi connectivity index (χ4v) is 2.46. The minimum atomic E-state index is 0.443. The molecule has 1 saturated heterocycles. The van der Waals surface area contributed by atoms with Gasteiger partial charge in [-0.3, -0.25) is 4.68 Å². The highest BCUT2D eigenvalue weighted by Crippen LogP contribution is 2.16. The first-order valence-corrected chi connectivity index (χ1v) is 7.24. The van der Waals surface area contributed by atoms with Gasteiger partial charge in [-0.1, -0.05) is 6.92 Å². The predicted octanol–water partition coefficient (Wildman–Crippen LogP) is 2.43. The van der Waals surface area contributed by atoms with Crippen molar-refractivity contribution in [3.8, 4) is 0 Å². The van der Waals surface area contributed by atoms with Crippen molar-refractivity contribution in [2.75, 3.05) is 24.5 Å². The first kappa shape index (κ1) is 13.4. The maximum Gasteiger partial charge on any atom is 0.150 e. The molecule has 0 radical (unpaired) electrons. The summed E-state index contributed by atoms with van der Waals surface area (Å²) in [7, 11) is 0. The molecule has 1 atom stereocenters. The van der Waals surface area contributed by atoms with Gasteiger partial charge in [0, 0.05) is 37.4 Å². The van der Waals surface area contributed by atoms with Crippen LogP contribution in [0.15, 0.2) is 12.3 Å². The van der Waals surface area contributed by atoms with Crippen LogP contribution < -0.4 is 10.2 Å². The maximum atomic E-state index is 4.68. The van der Waals surface area contributed by atoms with E-state index in [-0.39, 0.29) is 0 Å². The highest BCUT2D eigenvalue weighted by atomic mass is 15.4. The fraction of sp³-hybridized carbons (Fsp3) is 0.786. The zero-order valence-electron chi connectivity index (χ0n) is 11.9. The molecule has 0 bridgehead atoms. The van der Waals surface area contributed by atoms with E-state index in [2.05, 4.69) is 48.3 Å². The molecule has 102 valence electrons. The van der Waals surface area contributed by atoms with Gasteiger partial charge in [0.2, 0.25) is 0 Å². The molecule has 4 heteroatoms. The van der Waals surface area contributed by atoms with Crippen molar-refractivity contribution in [3.63, 3.8) is 0 Å². The number of anilines is 1. The first-order chi connectivity index (χ1) is 8.70. The van der Waals surface area contributed by atoms with Gasteiger partial charge in [-0.15, -0.1) is 0 Å². The average molecular weight is 250 g/mol. The summed E-state index contributed by atoms with van der Waals surface area (Å²) >= 11 is 0. The second-order valence-electron chi connectivity index (χ2n) is 5.44. The van der Waals surface area contributed by atoms with Crippen LogP contribution >= 0.6 is 0 Å². The Balaban J connectivity index is 2.01. The Hall–Kier alpha value is -1.03. The number of hydrogen-bond donors (Lipinski definition) is 1. The molecule has 0 saturated carbocycles. The number of nitrogens with one attached hydrogen (secondary N) is 1. The number of nitrogens with zero attached hydrogens (tertiary/aromatic N) is 3. The lowest BCUT2D eigenvalue weighted by Gasteiger charge is -2.28. The van der Waals surface area contributed by atoms with Gasteiger partial charge in [-0.05, 0) is 39.7 Å². The average Bonchev–Trinajstić information content (AvgIpc) is 2.79. The molecule has 1 aliphatic rings. The third-order valence-electron chi connectivity index (χ3n) is 3.73. The molecule has 2 heterocycles. The van der Waals surface area contributed by atoms with E-state index in [0.29, 0.717) is 12.1 Å². The van der Waals surface area contributed by atoms with E-state index in [0.717, 1.165) is 25.5 Å². The second-order valence-corrected chi connectivity index (χ2v) is 5.44. The molecule has 0 amide bonds. The zero-order valence-corrected chi connectivity index (χ0v) is 11.9. The lowest BCUT2D eigenvalue weighted by atomic mass is 10.1. The SMILES string of the molecule is CCC1CCN(c2ccn(C(C)C)n2)CCCN1. The molecular formula is C14H26N4. The highest BCUT2D eigenvalue weighted by molar-refractivity contribution is 5.36. The van der Waals surface area contributed by atoms with Crippen LogP contribution in [-0.4, -0.2) is 35.5 Å². The van der Waals surface area contributed by atoms with Crippen LogP contribution in [-0.2, 0) is 0 Å². The molecule has 0 aromatic carbocycles. The van der Waals surface area contributed by atoms with Crippen LogP contribution in [0.1, 0.15) is 46.1 Å². The molecule has 18 heavy (non-hydrogen) atoms. The van der Waals surface area contributed by atoms with Crippen molar-refractivity contribution in [2.45, 2.75) is 52.1 Å². The lowest BCUT2D eigenvalue weighted by molar-refractivity contribution is 0.437. The van der Waals surface area contributed by atoms with Crippen molar-refractivity contribution in [2.24, 2.45) is 0 Å². The van der Waals surface area contributed by atoms with Crippen molar-refractivity contribution >= 4 is 5.82 Å². The molecule has 1 unspecified atom stereocenters. The predicted molar refractivity (Wildman–Crippen MR) is 76.1 cm³/mol. The molecule has 1 fully saturated rings. The van der Waals surface area contributed by atoms with Gasteiger partial charge in [0.15, 0.2) is 5.82 Å². The number of hydrogen-bond acceptors (Lipinski definition) is 3. The Morgan fingerprint density at radius 2 is 2.28 bits per heavy atom. The smallest absolute Gasteiger partial charge is 0.150 e. The van der Waals surface area contributed by atoms with E-state index in [1.807, 2.05) is 4.68 Å². The number of aromatic nitrogens is 2. The summed E-state index contributed by atoms with van der Waals surface area (Å²) in [6.45, 7) is 9.94. The van der Waals surface area contributed by atoms with Crippen LogP contribution in [0.5, 0.6) is 0 Å². The Morgan fingerprint density at radius 1 is 1.44 bits per heavy atom. The standard InChI is InChI=1S/C14H26N4/c1-4-13-6-10-17(9-5-8-15-13)14-7-11-18(16-14)12(2)3/h7,11-13,15H,4-6,8-10H2,1-3H3. The Kier molecular flexibility index (Phi) is 4.64. The van der Waals surface area contributed by atoms with Crippen molar-refractivity contribution in [3.05, 3.63) is 12.3 Å². The Morgan fingerprint density at radius 3 is 2.94 bits per heavy atom. The van der Waals surface area contributed by atoms with Crippen LogP contribution in [0.2, 0.25) is 0 Å². The van der Waals surface area contributed by atoms with E-state index < -0.39 is 0 Å². The van der Waals surface area contributed by atoms with Crippen LogP contribution in [0.25, 0.3) is 0 Å². The summed E-state index contributed by atoms with van der Waals surface area (Å²) < 4.78 is 2.05. The van der Waals surface area contributed by atoms with E-state index in [4.69, 9.17) is 0 Å². The molecule has 4 nitrogen and oxygen atoms in total. The molecule has 1 aliphatic heterocycles. The van der Waals surface area contributed by atoms with E-state index in [1.165, 1.54) is 19.3 Å². The van der Waals surface area contributed by atoms with E-state index >= 15 is 0 Å². The van der Waals surface area contributed by atoms with Crippen molar-refractivity contribution in [1.82, 2.24) is 15.1 Å². The zero-order chi connectivity index (χ0) is 13.0. The molecule has 0 spiro atoms. The van der Waals surface area contributed by atoms with Crippen LogP contribution in [0.4, 0.5) is 5.82 Å². The highest BCUT2D eigenvalue weighted by Gasteiger charge is 2.15. The van der Waals surface area contributed by atoms with Crippen LogP contribution in [0.3, 0.4) is 0 Å². The van der Waals surface area contributed by atoms with Gasteiger partial charge >= 0.3 is 0 Å². The number of rotatable bonds is 3.